The molecule has 0 fully saturated rings. The molecule has 0 saturated carbocycles. The first-order valence-corrected chi connectivity index (χ1v) is 7.05. The quantitative estimate of drug-likeness (QED) is 0.704. The van der Waals surface area contributed by atoms with Gasteiger partial charge in [-0.25, -0.2) is 4.79 Å². The summed E-state index contributed by atoms with van der Waals surface area (Å²) in [4.78, 5) is 38.2. The number of H-pyrrole nitrogens is 1. The number of aromatic amines is 1. The Hall–Kier alpha value is -3.42. The predicted octanol–water partition coefficient (Wildman–Crippen LogP) is 1.62. The van der Waals surface area contributed by atoms with Crippen LogP contribution in [0.15, 0.2) is 45.7 Å². The number of hydrogen-bond acceptors (Lipinski definition) is 6. The van der Waals surface area contributed by atoms with Crippen molar-refractivity contribution >= 4 is 28.6 Å². The lowest BCUT2D eigenvalue weighted by Crippen LogP contribution is -2.22. The van der Waals surface area contributed by atoms with Crippen LogP contribution in [-0.4, -0.2) is 28.6 Å². The third-order valence-electron chi connectivity index (χ3n) is 3.20. The Morgan fingerprint density at radius 2 is 2.08 bits per heavy atom. The highest BCUT2D eigenvalue weighted by Crippen LogP contribution is 2.15. The van der Waals surface area contributed by atoms with E-state index >= 15 is 0 Å². The Kier molecular flexibility index (Phi) is 4.11. The van der Waals surface area contributed by atoms with E-state index in [1.807, 2.05) is 0 Å². The number of nitrogens with zero attached hydrogens (tertiary/aromatic N) is 1. The number of rotatable bonds is 4. The highest BCUT2D eigenvalue weighted by molar-refractivity contribution is 6.04. The molecule has 3 aromatic rings. The van der Waals surface area contributed by atoms with Crippen molar-refractivity contribution in [2.24, 2.45) is 0 Å². The average molecular weight is 327 g/mol. The van der Waals surface area contributed by atoms with Crippen LogP contribution in [-0.2, 0) is 9.53 Å². The SMILES string of the molecule is Cc1cc(NC(=O)COC(=O)c2cc(=O)[nH]c3ccccc23)no1. The van der Waals surface area contributed by atoms with Gasteiger partial charge in [-0.1, -0.05) is 23.4 Å². The van der Waals surface area contributed by atoms with Crippen LogP contribution < -0.4 is 10.9 Å². The van der Waals surface area contributed by atoms with Crippen LogP contribution in [0.25, 0.3) is 10.9 Å². The van der Waals surface area contributed by atoms with Crippen molar-refractivity contribution in [2.75, 3.05) is 11.9 Å². The monoisotopic (exact) mass is 327 g/mol. The van der Waals surface area contributed by atoms with Gasteiger partial charge in [0.2, 0.25) is 5.56 Å². The smallest absolute Gasteiger partial charge is 0.339 e. The van der Waals surface area contributed by atoms with Gasteiger partial charge in [-0.05, 0) is 13.0 Å². The number of aromatic nitrogens is 2. The lowest BCUT2D eigenvalue weighted by molar-refractivity contribution is -0.119. The summed E-state index contributed by atoms with van der Waals surface area (Å²) in [5, 5.41) is 6.57. The Morgan fingerprint density at radius 3 is 2.83 bits per heavy atom. The number of aryl methyl sites for hydroxylation is 1. The molecule has 0 aliphatic heterocycles. The molecule has 0 aliphatic carbocycles. The summed E-state index contributed by atoms with van der Waals surface area (Å²) >= 11 is 0. The molecular weight excluding hydrogens is 314 g/mol. The van der Waals surface area contributed by atoms with Crippen LogP contribution in [0.4, 0.5) is 5.82 Å². The molecule has 1 aromatic carbocycles. The number of fused-ring (bicyclic) bond motifs is 1. The van der Waals surface area contributed by atoms with Crippen molar-refractivity contribution in [1.82, 2.24) is 10.1 Å². The molecule has 2 N–H and O–H groups in total. The Bertz CT molecular complexity index is 973. The van der Waals surface area contributed by atoms with Gasteiger partial charge in [0, 0.05) is 23.0 Å². The molecule has 122 valence electrons. The highest BCUT2D eigenvalue weighted by atomic mass is 16.5. The van der Waals surface area contributed by atoms with Crippen LogP contribution in [0.3, 0.4) is 0 Å². The second-order valence-electron chi connectivity index (χ2n) is 5.04. The van der Waals surface area contributed by atoms with Gasteiger partial charge in [0.05, 0.1) is 5.56 Å². The van der Waals surface area contributed by atoms with Crippen LogP contribution in [0.5, 0.6) is 0 Å². The molecule has 24 heavy (non-hydrogen) atoms. The highest BCUT2D eigenvalue weighted by Gasteiger charge is 2.15. The number of benzene rings is 1. The summed E-state index contributed by atoms with van der Waals surface area (Å²) in [5.74, 6) is -0.554. The molecule has 3 rings (SSSR count). The van der Waals surface area contributed by atoms with E-state index in [1.165, 1.54) is 6.07 Å². The van der Waals surface area contributed by atoms with E-state index < -0.39 is 24.0 Å². The molecule has 2 heterocycles. The molecule has 0 spiro atoms. The molecule has 0 radical (unpaired) electrons. The number of esters is 1. The first-order valence-electron chi connectivity index (χ1n) is 7.05. The number of carbonyl (C=O) groups is 2. The van der Waals surface area contributed by atoms with Gasteiger partial charge >= 0.3 is 5.97 Å². The zero-order valence-corrected chi connectivity index (χ0v) is 12.7. The zero-order valence-electron chi connectivity index (χ0n) is 12.7. The number of anilines is 1. The van der Waals surface area contributed by atoms with Crippen LogP contribution in [0.1, 0.15) is 16.1 Å². The van der Waals surface area contributed by atoms with Gasteiger partial charge in [-0.2, -0.15) is 0 Å². The number of hydrogen-bond donors (Lipinski definition) is 2. The Balaban J connectivity index is 1.71. The van der Waals surface area contributed by atoms with Crippen molar-refractivity contribution in [1.29, 1.82) is 0 Å². The van der Waals surface area contributed by atoms with E-state index in [1.54, 1.807) is 31.2 Å². The van der Waals surface area contributed by atoms with Crippen molar-refractivity contribution in [3.63, 3.8) is 0 Å². The van der Waals surface area contributed by atoms with Gasteiger partial charge in [0.1, 0.15) is 5.76 Å². The number of para-hydroxylation sites is 1. The number of carbonyl (C=O) groups excluding carboxylic acids is 2. The summed E-state index contributed by atoms with van der Waals surface area (Å²) in [6.07, 6.45) is 0. The number of ether oxygens (including phenoxy) is 1. The molecule has 8 heteroatoms. The van der Waals surface area contributed by atoms with Gasteiger partial charge < -0.3 is 19.6 Å². The number of nitrogens with one attached hydrogen (secondary N) is 2. The van der Waals surface area contributed by atoms with Gasteiger partial charge in [0.25, 0.3) is 5.91 Å². The topological polar surface area (TPSA) is 114 Å². The fourth-order valence-corrected chi connectivity index (χ4v) is 2.19. The van der Waals surface area contributed by atoms with Crippen LogP contribution in [0.2, 0.25) is 0 Å². The first kappa shape index (κ1) is 15.5. The molecule has 0 unspecified atom stereocenters. The lowest BCUT2D eigenvalue weighted by atomic mass is 10.1. The van der Waals surface area contributed by atoms with E-state index in [4.69, 9.17) is 9.26 Å². The number of amides is 1. The number of pyridine rings is 1. The molecule has 0 bridgehead atoms. The minimum atomic E-state index is -0.760. The van der Waals surface area contributed by atoms with E-state index in [2.05, 4.69) is 15.5 Å². The fourth-order valence-electron chi connectivity index (χ4n) is 2.19. The molecule has 0 aliphatic rings. The summed E-state index contributed by atoms with van der Waals surface area (Å²) in [6.45, 7) is 1.17. The molecule has 2 aromatic heterocycles. The predicted molar refractivity (Wildman–Crippen MR) is 84.7 cm³/mol. The van der Waals surface area contributed by atoms with E-state index in [9.17, 15) is 14.4 Å². The summed E-state index contributed by atoms with van der Waals surface area (Å²) < 4.78 is 9.78. The normalized spacial score (nSPS) is 10.5. The van der Waals surface area contributed by atoms with Crippen LogP contribution in [0, 0.1) is 6.92 Å². The van der Waals surface area contributed by atoms with E-state index in [0.717, 1.165) is 6.07 Å². The second-order valence-corrected chi connectivity index (χ2v) is 5.04. The Morgan fingerprint density at radius 1 is 1.29 bits per heavy atom. The molecule has 8 nitrogen and oxygen atoms in total. The summed E-state index contributed by atoms with van der Waals surface area (Å²) in [6, 6.07) is 9.50. The maximum Gasteiger partial charge on any atom is 0.339 e. The molecule has 0 saturated heterocycles. The zero-order chi connectivity index (χ0) is 17.1. The van der Waals surface area contributed by atoms with Gasteiger partial charge in [0.15, 0.2) is 12.4 Å². The van der Waals surface area contributed by atoms with Crippen molar-refractivity contribution < 1.29 is 18.8 Å². The third kappa shape index (κ3) is 3.32. The lowest BCUT2D eigenvalue weighted by Gasteiger charge is -2.07. The minimum absolute atomic E-state index is 0.0967. The molecule has 0 atom stereocenters. The molecular formula is C16H13N3O5. The Labute approximate surface area is 135 Å². The second kappa shape index (κ2) is 6.37. The maximum absolute atomic E-state index is 12.2. The van der Waals surface area contributed by atoms with Gasteiger partial charge in [-0.3, -0.25) is 9.59 Å². The average Bonchev–Trinajstić information content (AvgIpc) is 2.96. The van der Waals surface area contributed by atoms with Gasteiger partial charge in [-0.15, -0.1) is 0 Å². The third-order valence-corrected chi connectivity index (χ3v) is 3.20. The first-order chi connectivity index (χ1) is 11.5. The van der Waals surface area contributed by atoms with Crippen LogP contribution >= 0.6 is 0 Å². The minimum Gasteiger partial charge on any atom is -0.452 e. The maximum atomic E-state index is 12.2. The molecule has 1 amide bonds. The van der Waals surface area contributed by atoms with Crippen molar-refractivity contribution in [3.8, 4) is 0 Å². The summed E-state index contributed by atoms with van der Waals surface area (Å²) in [7, 11) is 0. The fraction of sp³-hybridized carbons (Fsp3) is 0.125. The largest absolute Gasteiger partial charge is 0.452 e. The van der Waals surface area contributed by atoms with E-state index in [0.29, 0.717) is 16.7 Å². The van der Waals surface area contributed by atoms with E-state index in [-0.39, 0.29) is 11.4 Å². The van der Waals surface area contributed by atoms with Crippen molar-refractivity contribution in [2.45, 2.75) is 6.92 Å². The standard InChI is InChI=1S/C16H13N3O5/c1-9-6-13(19-24-9)18-15(21)8-23-16(22)11-7-14(20)17-12-5-3-2-4-10(11)12/h2-7H,8H2,1H3,(H,17,20)(H,18,19,21). The summed E-state index contributed by atoms with van der Waals surface area (Å²) in [5.41, 5.74) is 0.182. The van der Waals surface area contributed by atoms with Crippen molar-refractivity contribution in [3.05, 3.63) is 58.1 Å².